The SMILES string of the molecule is Nc1cnc(N2CCCC2C2CCCC2)cn1. The smallest absolute Gasteiger partial charge is 0.147 e. The van der Waals surface area contributed by atoms with Crippen LogP contribution in [-0.2, 0) is 0 Å². The van der Waals surface area contributed by atoms with E-state index in [0.29, 0.717) is 11.9 Å². The van der Waals surface area contributed by atoms with Crippen LogP contribution in [0.15, 0.2) is 12.4 Å². The molecule has 1 saturated carbocycles. The minimum atomic E-state index is 0.505. The third-order valence-corrected chi connectivity index (χ3v) is 4.20. The molecule has 1 aromatic rings. The van der Waals surface area contributed by atoms with Gasteiger partial charge in [0.05, 0.1) is 12.4 Å². The van der Waals surface area contributed by atoms with Gasteiger partial charge in [0, 0.05) is 12.6 Å². The van der Waals surface area contributed by atoms with Gasteiger partial charge in [0.15, 0.2) is 0 Å². The predicted molar refractivity (Wildman–Crippen MR) is 68.8 cm³/mol. The molecule has 0 bridgehead atoms. The lowest BCUT2D eigenvalue weighted by molar-refractivity contribution is 0.429. The van der Waals surface area contributed by atoms with Gasteiger partial charge in [-0.3, -0.25) is 0 Å². The van der Waals surface area contributed by atoms with Crippen molar-refractivity contribution >= 4 is 11.6 Å². The van der Waals surface area contributed by atoms with Crippen LogP contribution in [0, 0.1) is 5.92 Å². The molecule has 0 radical (unpaired) electrons. The Balaban J connectivity index is 1.78. The van der Waals surface area contributed by atoms with Crippen molar-refractivity contribution in [2.45, 2.75) is 44.6 Å². The monoisotopic (exact) mass is 232 g/mol. The Morgan fingerprint density at radius 3 is 2.59 bits per heavy atom. The van der Waals surface area contributed by atoms with E-state index in [1.807, 2.05) is 6.20 Å². The van der Waals surface area contributed by atoms with E-state index in [4.69, 9.17) is 5.73 Å². The Morgan fingerprint density at radius 2 is 1.88 bits per heavy atom. The zero-order valence-corrected chi connectivity index (χ0v) is 10.2. The van der Waals surface area contributed by atoms with Crippen molar-refractivity contribution in [1.29, 1.82) is 0 Å². The number of aromatic nitrogens is 2. The van der Waals surface area contributed by atoms with Gasteiger partial charge in [0.25, 0.3) is 0 Å². The molecule has 0 spiro atoms. The molecule has 3 rings (SSSR count). The zero-order chi connectivity index (χ0) is 11.7. The van der Waals surface area contributed by atoms with Crippen LogP contribution < -0.4 is 10.6 Å². The standard InChI is InChI=1S/C13H20N4/c14-12-8-16-13(9-15-12)17-7-3-6-11(17)10-4-1-2-5-10/h8-11H,1-7H2,(H2,14,15). The fourth-order valence-electron chi connectivity index (χ4n) is 3.39. The van der Waals surface area contributed by atoms with E-state index in [0.717, 1.165) is 18.3 Å². The third-order valence-electron chi connectivity index (χ3n) is 4.20. The maximum Gasteiger partial charge on any atom is 0.147 e. The molecule has 1 aliphatic carbocycles. The van der Waals surface area contributed by atoms with Crippen molar-refractivity contribution in [3.63, 3.8) is 0 Å². The number of hydrogen-bond donors (Lipinski definition) is 1. The highest BCUT2D eigenvalue weighted by molar-refractivity contribution is 5.41. The molecular weight excluding hydrogens is 212 g/mol. The first-order chi connectivity index (χ1) is 8.34. The Morgan fingerprint density at radius 1 is 1.06 bits per heavy atom. The highest BCUT2D eigenvalue weighted by atomic mass is 15.2. The van der Waals surface area contributed by atoms with Gasteiger partial charge >= 0.3 is 0 Å². The number of anilines is 2. The average Bonchev–Trinajstić information content (AvgIpc) is 3.00. The maximum atomic E-state index is 5.59. The lowest BCUT2D eigenvalue weighted by atomic mass is 9.96. The predicted octanol–water partition coefficient (Wildman–Crippen LogP) is 2.22. The summed E-state index contributed by atoms with van der Waals surface area (Å²) in [6.45, 7) is 1.12. The van der Waals surface area contributed by atoms with Crippen LogP contribution in [0.3, 0.4) is 0 Å². The van der Waals surface area contributed by atoms with Gasteiger partial charge < -0.3 is 10.6 Å². The van der Waals surface area contributed by atoms with Gasteiger partial charge in [0.1, 0.15) is 11.6 Å². The van der Waals surface area contributed by atoms with Crippen LogP contribution in [0.4, 0.5) is 11.6 Å². The topological polar surface area (TPSA) is 55.0 Å². The van der Waals surface area contributed by atoms with E-state index < -0.39 is 0 Å². The largest absolute Gasteiger partial charge is 0.382 e. The molecule has 92 valence electrons. The molecule has 4 nitrogen and oxygen atoms in total. The summed E-state index contributed by atoms with van der Waals surface area (Å²) < 4.78 is 0. The molecule has 17 heavy (non-hydrogen) atoms. The van der Waals surface area contributed by atoms with E-state index in [1.54, 1.807) is 6.20 Å². The summed E-state index contributed by atoms with van der Waals surface area (Å²) >= 11 is 0. The first kappa shape index (κ1) is 10.8. The number of rotatable bonds is 2. The number of nitrogens with two attached hydrogens (primary N) is 1. The van der Waals surface area contributed by atoms with Crippen LogP contribution in [-0.4, -0.2) is 22.6 Å². The lowest BCUT2D eigenvalue weighted by Gasteiger charge is -2.30. The molecule has 2 N–H and O–H groups in total. The summed E-state index contributed by atoms with van der Waals surface area (Å²) in [5.41, 5.74) is 5.59. The Labute approximate surface area is 102 Å². The van der Waals surface area contributed by atoms with Crippen LogP contribution in [0.1, 0.15) is 38.5 Å². The molecule has 4 heteroatoms. The van der Waals surface area contributed by atoms with Crippen molar-refractivity contribution in [3.05, 3.63) is 12.4 Å². The van der Waals surface area contributed by atoms with Gasteiger partial charge in [-0.2, -0.15) is 0 Å². The minimum Gasteiger partial charge on any atom is -0.382 e. The van der Waals surface area contributed by atoms with Gasteiger partial charge in [-0.15, -0.1) is 0 Å². The van der Waals surface area contributed by atoms with E-state index in [-0.39, 0.29) is 0 Å². The first-order valence-corrected chi connectivity index (χ1v) is 6.69. The first-order valence-electron chi connectivity index (χ1n) is 6.69. The summed E-state index contributed by atoms with van der Waals surface area (Å²) in [4.78, 5) is 11.0. The zero-order valence-electron chi connectivity index (χ0n) is 10.2. The van der Waals surface area contributed by atoms with Gasteiger partial charge in [0.2, 0.25) is 0 Å². The van der Waals surface area contributed by atoms with E-state index >= 15 is 0 Å². The second kappa shape index (κ2) is 4.51. The Kier molecular flexibility index (Phi) is 2.87. The molecule has 1 unspecified atom stereocenters. The maximum absolute atomic E-state index is 5.59. The van der Waals surface area contributed by atoms with Crippen LogP contribution in [0.2, 0.25) is 0 Å². The summed E-state index contributed by atoms with van der Waals surface area (Å²) in [5.74, 6) is 2.39. The molecule has 0 amide bonds. The molecule has 0 aromatic carbocycles. The minimum absolute atomic E-state index is 0.505. The van der Waals surface area contributed by atoms with Crippen molar-refractivity contribution in [2.75, 3.05) is 17.2 Å². The Bertz CT molecular complexity index is 370. The quantitative estimate of drug-likeness (QED) is 0.849. The van der Waals surface area contributed by atoms with Gasteiger partial charge in [-0.05, 0) is 31.6 Å². The summed E-state index contributed by atoms with van der Waals surface area (Å²) in [5, 5.41) is 0. The van der Waals surface area contributed by atoms with Crippen LogP contribution >= 0.6 is 0 Å². The van der Waals surface area contributed by atoms with Gasteiger partial charge in [-0.25, -0.2) is 9.97 Å². The average molecular weight is 232 g/mol. The highest BCUT2D eigenvalue weighted by Gasteiger charge is 2.33. The number of hydrogen-bond acceptors (Lipinski definition) is 4. The summed E-state index contributed by atoms with van der Waals surface area (Å²) in [7, 11) is 0. The Hall–Kier alpha value is -1.32. The second-order valence-electron chi connectivity index (χ2n) is 5.25. The molecule has 1 aromatic heterocycles. The normalized spacial score (nSPS) is 25.6. The molecule has 2 aliphatic rings. The van der Waals surface area contributed by atoms with E-state index in [9.17, 15) is 0 Å². The van der Waals surface area contributed by atoms with Crippen LogP contribution in [0.5, 0.6) is 0 Å². The molecule has 2 fully saturated rings. The molecular formula is C13H20N4. The third kappa shape index (κ3) is 2.08. The summed E-state index contributed by atoms with van der Waals surface area (Å²) in [6.07, 6.45) is 11.7. The van der Waals surface area contributed by atoms with Crippen LogP contribution in [0.25, 0.3) is 0 Å². The van der Waals surface area contributed by atoms with Crippen molar-refractivity contribution in [3.8, 4) is 0 Å². The lowest BCUT2D eigenvalue weighted by Crippen LogP contribution is -2.35. The van der Waals surface area contributed by atoms with Crippen molar-refractivity contribution < 1.29 is 0 Å². The summed E-state index contributed by atoms with van der Waals surface area (Å²) in [6, 6.07) is 0.690. The fourth-order valence-corrected chi connectivity index (χ4v) is 3.39. The highest BCUT2D eigenvalue weighted by Crippen LogP contribution is 2.36. The fraction of sp³-hybridized carbons (Fsp3) is 0.692. The molecule has 2 heterocycles. The van der Waals surface area contributed by atoms with Crippen molar-refractivity contribution in [2.24, 2.45) is 5.92 Å². The van der Waals surface area contributed by atoms with Gasteiger partial charge in [-0.1, -0.05) is 12.8 Å². The van der Waals surface area contributed by atoms with E-state index in [2.05, 4.69) is 14.9 Å². The molecule has 1 atom stereocenters. The second-order valence-corrected chi connectivity index (χ2v) is 5.25. The molecule has 1 aliphatic heterocycles. The number of nitrogen functional groups attached to an aromatic ring is 1. The number of nitrogens with zero attached hydrogens (tertiary/aromatic N) is 3. The van der Waals surface area contributed by atoms with E-state index in [1.165, 1.54) is 38.5 Å². The van der Waals surface area contributed by atoms with Crippen molar-refractivity contribution in [1.82, 2.24) is 9.97 Å². The molecule has 1 saturated heterocycles.